The van der Waals surface area contributed by atoms with Crippen molar-refractivity contribution in [1.82, 2.24) is 15.0 Å². The van der Waals surface area contributed by atoms with Gasteiger partial charge in [0.1, 0.15) is 5.82 Å². The Labute approximate surface area is 144 Å². The maximum atomic E-state index is 6.14. The third-order valence-corrected chi connectivity index (χ3v) is 5.10. The highest BCUT2D eigenvalue weighted by Gasteiger charge is 2.27. The Morgan fingerprint density at radius 2 is 1.92 bits per heavy atom. The minimum absolute atomic E-state index is 0.00500. The van der Waals surface area contributed by atoms with Crippen LogP contribution in [-0.2, 0) is 5.41 Å². The molecule has 0 spiro atoms. The highest BCUT2D eigenvalue weighted by atomic mass is 14.9. The molecule has 1 saturated carbocycles. The first-order valence-electron chi connectivity index (χ1n) is 8.86. The Hall–Kier alpha value is -1.97. The number of nitrogen functional groups attached to an aromatic ring is 1. The van der Waals surface area contributed by atoms with E-state index in [2.05, 4.69) is 44.6 Å². The maximum absolute atomic E-state index is 6.14. The summed E-state index contributed by atoms with van der Waals surface area (Å²) >= 11 is 0. The molecule has 0 aromatic carbocycles. The number of hydrogen-bond acceptors (Lipinski definition) is 4. The lowest BCUT2D eigenvalue weighted by Gasteiger charge is -2.22. The van der Waals surface area contributed by atoms with E-state index in [-0.39, 0.29) is 5.41 Å². The first-order valence-corrected chi connectivity index (χ1v) is 8.86. The normalized spacial score (nSPS) is 21.2. The standard InChI is InChI=1S/C20H28N4/c1-12-6-7-14(10-12)17-19(21)23-11-16(24-17)15-8-9-22-18(13(15)2)20(3,4)5/h8-9,11-12,14H,6-7,10H2,1-5H3,(H2,21,23). The average molecular weight is 324 g/mol. The van der Waals surface area contributed by atoms with Crippen molar-refractivity contribution in [3.05, 3.63) is 35.4 Å². The second kappa shape index (κ2) is 6.15. The van der Waals surface area contributed by atoms with Gasteiger partial charge < -0.3 is 5.73 Å². The Morgan fingerprint density at radius 1 is 1.17 bits per heavy atom. The highest BCUT2D eigenvalue weighted by molar-refractivity contribution is 5.65. The van der Waals surface area contributed by atoms with E-state index in [1.54, 1.807) is 6.20 Å². The van der Waals surface area contributed by atoms with Gasteiger partial charge in [0.2, 0.25) is 0 Å². The molecule has 128 valence electrons. The van der Waals surface area contributed by atoms with E-state index in [0.29, 0.717) is 11.7 Å². The van der Waals surface area contributed by atoms with Crippen molar-refractivity contribution >= 4 is 5.82 Å². The van der Waals surface area contributed by atoms with Crippen LogP contribution in [0.3, 0.4) is 0 Å². The second-order valence-corrected chi connectivity index (χ2v) is 8.22. The number of aromatic nitrogens is 3. The molecule has 2 aromatic heterocycles. The Morgan fingerprint density at radius 3 is 2.54 bits per heavy atom. The van der Waals surface area contributed by atoms with Crippen molar-refractivity contribution in [2.75, 3.05) is 5.73 Å². The van der Waals surface area contributed by atoms with Crippen LogP contribution in [0.15, 0.2) is 18.5 Å². The van der Waals surface area contributed by atoms with Crippen LogP contribution in [0, 0.1) is 12.8 Å². The van der Waals surface area contributed by atoms with Crippen LogP contribution in [0.5, 0.6) is 0 Å². The molecule has 2 aromatic rings. The molecule has 1 fully saturated rings. The Kier molecular flexibility index (Phi) is 4.33. The van der Waals surface area contributed by atoms with Gasteiger partial charge in [-0.15, -0.1) is 0 Å². The largest absolute Gasteiger partial charge is 0.382 e. The summed E-state index contributed by atoms with van der Waals surface area (Å²) in [5.41, 5.74) is 11.4. The lowest BCUT2D eigenvalue weighted by Crippen LogP contribution is -2.16. The number of pyridine rings is 1. The maximum Gasteiger partial charge on any atom is 0.145 e. The zero-order chi connectivity index (χ0) is 17.5. The monoisotopic (exact) mass is 324 g/mol. The Balaban J connectivity index is 2.05. The Bertz CT molecular complexity index is 746. The fourth-order valence-electron chi connectivity index (χ4n) is 3.87. The van der Waals surface area contributed by atoms with E-state index in [1.807, 2.05) is 12.3 Å². The quantitative estimate of drug-likeness (QED) is 0.874. The van der Waals surface area contributed by atoms with Crippen molar-refractivity contribution in [1.29, 1.82) is 0 Å². The van der Waals surface area contributed by atoms with Gasteiger partial charge in [-0.1, -0.05) is 34.1 Å². The summed E-state index contributed by atoms with van der Waals surface area (Å²) in [6.45, 7) is 11.0. The molecule has 0 amide bonds. The van der Waals surface area contributed by atoms with Gasteiger partial charge in [-0.3, -0.25) is 4.98 Å². The molecule has 4 nitrogen and oxygen atoms in total. The summed E-state index contributed by atoms with van der Waals surface area (Å²) in [6, 6.07) is 2.03. The van der Waals surface area contributed by atoms with Gasteiger partial charge in [0, 0.05) is 28.8 Å². The molecule has 0 bridgehead atoms. The van der Waals surface area contributed by atoms with Crippen LogP contribution in [0.4, 0.5) is 5.82 Å². The first kappa shape index (κ1) is 16.9. The van der Waals surface area contributed by atoms with Crippen LogP contribution in [0.25, 0.3) is 11.3 Å². The molecule has 24 heavy (non-hydrogen) atoms. The van der Waals surface area contributed by atoms with Gasteiger partial charge in [-0.2, -0.15) is 0 Å². The number of hydrogen-bond donors (Lipinski definition) is 1. The van der Waals surface area contributed by atoms with Crippen LogP contribution in [0.2, 0.25) is 0 Å². The molecule has 2 heterocycles. The molecule has 1 aliphatic rings. The molecule has 1 aliphatic carbocycles. The molecular formula is C20H28N4. The summed E-state index contributed by atoms with van der Waals surface area (Å²) in [6.07, 6.45) is 7.24. The zero-order valence-electron chi connectivity index (χ0n) is 15.4. The smallest absolute Gasteiger partial charge is 0.145 e. The van der Waals surface area contributed by atoms with E-state index < -0.39 is 0 Å². The van der Waals surface area contributed by atoms with E-state index in [9.17, 15) is 0 Å². The third kappa shape index (κ3) is 3.14. The van der Waals surface area contributed by atoms with Crippen LogP contribution in [-0.4, -0.2) is 15.0 Å². The highest BCUT2D eigenvalue weighted by Crippen LogP contribution is 2.39. The number of rotatable bonds is 2. The first-order chi connectivity index (χ1) is 11.3. The van der Waals surface area contributed by atoms with Gasteiger partial charge in [0.25, 0.3) is 0 Å². The van der Waals surface area contributed by atoms with Gasteiger partial charge in [-0.05, 0) is 37.3 Å². The summed E-state index contributed by atoms with van der Waals surface area (Å²) in [5, 5.41) is 0. The van der Waals surface area contributed by atoms with E-state index in [4.69, 9.17) is 10.7 Å². The lowest BCUT2D eigenvalue weighted by molar-refractivity contribution is 0.564. The van der Waals surface area contributed by atoms with Gasteiger partial charge in [0.15, 0.2) is 0 Å². The van der Waals surface area contributed by atoms with Crippen molar-refractivity contribution in [3.8, 4) is 11.3 Å². The molecular weight excluding hydrogens is 296 g/mol. The molecule has 0 aliphatic heterocycles. The summed E-state index contributed by atoms with van der Waals surface area (Å²) < 4.78 is 0. The van der Waals surface area contributed by atoms with Crippen LogP contribution in [0.1, 0.15) is 69.8 Å². The second-order valence-electron chi connectivity index (χ2n) is 8.22. The fraction of sp³-hybridized carbons (Fsp3) is 0.550. The number of nitrogens with two attached hydrogens (primary N) is 1. The molecule has 0 radical (unpaired) electrons. The van der Waals surface area contributed by atoms with Crippen LogP contribution < -0.4 is 5.73 Å². The fourth-order valence-corrected chi connectivity index (χ4v) is 3.87. The molecule has 2 atom stereocenters. The van der Waals surface area contributed by atoms with Gasteiger partial charge in [-0.25, -0.2) is 9.97 Å². The van der Waals surface area contributed by atoms with Crippen molar-refractivity contribution in [3.63, 3.8) is 0 Å². The minimum atomic E-state index is 0.00500. The van der Waals surface area contributed by atoms with Gasteiger partial charge >= 0.3 is 0 Å². The lowest BCUT2D eigenvalue weighted by atomic mass is 9.87. The zero-order valence-corrected chi connectivity index (χ0v) is 15.4. The number of anilines is 1. The van der Waals surface area contributed by atoms with Crippen LogP contribution >= 0.6 is 0 Å². The number of nitrogens with zero attached hydrogens (tertiary/aromatic N) is 3. The van der Waals surface area contributed by atoms with Crippen molar-refractivity contribution in [2.24, 2.45) is 5.92 Å². The molecule has 4 heteroatoms. The molecule has 2 unspecified atom stereocenters. The molecule has 2 N–H and O–H groups in total. The average Bonchev–Trinajstić information content (AvgIpc) is 2.93. The molecule has 3 rings (SSSR count). The SMILES string of the molecule is Cc1c(-c2cnc(N)c(C3CCC(C)C3)n2)ccnc1C(C)(C)C. The third-order valence-electron chi connectivity index (χ3n) is 5.10. The van der Waals surface area contributed by atoms with E-state index >= 15 is 0 Å². The topological polar surface area (TPSA) is 64.7 Å². The summed E-state index contributed by atoms with van der Waals surface area (Å²) in [7, 11) is 0. The summed E-state index contributed by atoms with van der Waals surface area (Å²) in [5.74, 6) is 1.77. The van der Waals surface area contributed by atoms with Crippen molar-refractivity contribution < 1.29 is 0 Å². The summed E-state index contributed by atoms with van der Waals surface area (Å²) in [4.78, 5) is 14.0. The van der Waals surface area contributed by atoms with Gasteiger partial charge in [0.05, 0.1) is 17.6 Å². The minimum Gasteiger partial charge on any atom is -0.382 e. The van der Waals surface area contributed by atoms with Crippen molar-refractivity contribution in [2.45, 2.75) is 65.2 Å². The predicted octanol–water partition coefficient (Wildman–Crippen LogP) is 4.63. The molecule has 0 saturated heterocycles. The predicted molar refractivity (Wildman–Crippen MR) is 98.9 cm³/mol. The van der Waals surface area contributed by atoms with E-state index in [1.165, 1.54) is 12.0 Å². The van der Waals surface area contributed by atoms with E-state index in [0.717, 1.165) is 41.4 Å².